The second-order valence-electron chi connectivity index (χ2n) is 4.37. The highest BCUT2D eigenvalue weighted by Crippen LogP contribution is 2.31. The quantitative estimate of drug-likeness (QED) is 0.806. The molecule has 2 rings (SSSR count). The van der Waals surface area contributed by atoms with Crippen LogP contribution in [0.4, 0.5) is 11.4 Å². The second-order valence-corrected chi connectivity index (χ2v) is 4.37. The fourth-order valence-corrected chi connectivity index (χ4v) is 2.52. The summed E-state index contributed by atoms with van der Waals surface area (Å²) >= 11 is 0. The van der Waals surface area contributed by atoms with Gasteiger partial charge in [-0.15, -0.1) is 0 Å². The zero-order chi connectivity index (χ0) is 10.8. The van der Waals surface area contributed by atoms with Gasteiger partial charge in [0.2, 0.25) is 0 Å². The van der Waals surface area contributed by atoms with Crippen molar-refractivity contribution in [3.8, 4) is 0 Å². The minimum Gasteiger partial charge on any atom is -0.397 e. The molecule has 0 aromatic carbocycles. The van der Waals surface area contributed by atoms with E-state index in [-0.39, 0.29) is 0 Å². The van der Waals surface area contributed by atoms with Gasteiger partial charge in [0.15, 0.2) is 0 Å². The Balaban J connectivity index is 2.28. The van der Waals surface area contributed by atoms with E-state index in [0.29, 0.717) is 12.1 Å². The molecule has 0 radical (unpaired) electrons. The number of nitrogens with two attached hydrogens (primary N) is 1. The van der Waals surface area contributed by atoms with E-state index in [4.69, 9.17) is 5.73 Å². The largest absolute Gasteiger partial charge is 0.397 e. The third kappa shape index (κ3) is 1.91. The van der Waals surface area contributed by atoms with Crippen LogP contribution in [0.1, 0.15) is 33.1 Å². The van der Waals surface area contributed by atoms with Crippen LogP contribution < -0.4 is 10.6 Å². The maximum Gasteiger partial charge on any atom is 0.0578 e. The Kier molecular flexibility index (Phi) is 2.80. The fourth-order valence-electron chi connectivity index (χ4n) is 2.52. The van der Waals surface area contributed by atoms with Crippen LogP contribution in [0.2, 0.25) is 0 Å². The van der Waals surface area contributed by atoms with Gasteiger partial charge in [-0.25, -0.2) is 0 Å². The number of aromatic nitrogens is 1. The molecule has 2 unspecified atom stereocenters. The van der Waals surface area contributed by atoms with Crippen molar-refractivity contribution in [2.45, 2.75) is 45.2 Å². The molecule has 2 heterocycles. The molecule has 0 spiro atoms. The lowest BCUT2D eigenvalue weighted by Gasteiger charge is -2.30. The van der Waals surface area contributed by atoms with E-state index in [2.05, 4.69) is 23.7 Å². The Bertz CT molecular complexity index is 337. The highest BCUT2D eigenvalue weighted by atomic mass is 15.2. The SMILES string of the molecule is CCC1CCC(C)N1c1cncc(N)c1. The Morgan fingerprint density at radius 2 is 2.27 bits per heavy atom. The second kappa shape index (κ2) is 4.09. The number of nitrogens with zero attached hydrogens (tertiary/aromatic N) is 2. The van der Waals surface area contributed by atoms with E-state index in [1.807, 2.05) is 12.3 Å². The summed E-state index contributed by atoms with van der Waals surface area (Å²) in [5.74, 6) is 0. The first kappa shape index (κ1) is 10.3. The van der Waals surface area contributed by atoms with Gasteiger partial charge in [0.25, 0.3) is 0 Å². The summed E-state index contributed by atoms with van der Waals surface area (Å²) in [5.41, 5.74) is 7.69. The number of rotatable bonds is 2. The first-order valence-corrected chi connectivity index (χ1v) is 5.71. The molecular formula is C12H19N3. The topological polar surface area (TPSA) is 42.2 Å². The zero-order valence-electron chi connectivity index (χ0n) is 9.48. The molecule has 1 aliphatic rings. The van der Waals surface area contributed by atoms with Gasteiger partial charge in [-0.1, -0.05) is 6.92 Å². The first-order chi connectivity index (χ1) is 7.22. The van der Waals surface area contributed by atoms with Crippen molar-refractivity contribution in [2.75, 3.05) is 10.6 Å². The number of nitrogen functional groups attached to an aromatic ring is 1. The van der Waals surface area contributed by atoms with E-state index >= 15 is 0 Å². The molecule has 1 saturated heterocycles. The molecule has 2 N–H and O–H groups in total. The summed E-state index contributed by atoms with van der Waals surface area (Å²) in [6, 6.07) is 3.29. The van der Waals surface area contributed by atoms with Gasteiger partial charge in [-0.2, -0.15) is 0 Å². The van der Waals surface area contributed by atoms with E-state index in [9.17, 15) is 0 Å². The molecule has 1 aliphatic heterocycles. The van der Waals surface area contributed by atoms with Crippen molar-refractivity contribution in [1.82, 2.24) is 4.98 Å². The van der Waals surface area contributed by atoms with Crippen molar-refractivity contribution < 1.29 is 0 Å². The fraction of sp³-hybridized carbons (Fsp3) is 0.583. The first-order valence-electron chi connectivity index (χ1n) is 5.71. The molecule has 82 valence electrons. The third-order valence-corrected chi connectivity index (χ3v) is 3.30. The molecule has 1 aromatic heterocycles. The number of pyridine rings is 1. The minimum absolute atomic E-state index is 0.610. The normalized spacial score (nSPS) is 25.9. The molecule has 2 atom stereocenters. The lowest BCUT2D eigenvalue weighted by Crippen LogP contribution is -2.34. The lowest BCUT2D eigenvalue weighted by molar-refractivity contribution is 0.627. The summed E-state index contributed by atoms with van der Waals surface area (Å²) in [5, 5.41) is 0. The average molecular weight is 205 g/mol. The molecule has 1 fully saturated rings. The van der Waals surface area contributed by atoms with Crippen molar-refractivity contribution in [3.05, 3.63) is 18.5 Å². The van der Waals surface area contributed by atoms with Crippen molar-refractivity contribution in [1.29, 1.82) is 0 Å². The highest BCUT2D eigenvalue weighted by Gasteiger charge is 2.29. The Morgan fingerprint density at radius 3 is 2.93 bits per heavy atom. The maximum absolute atomic E-state index is 5.77. The van der Waals surface area contributed by atoms with Gasteiger partial charge in [0.05, 0.1) is 17.6 Å². The van der Waals surface area contributed by atoms with Crippen LogP contribution >= 0.6 is 0 Å². The predicted octanol–water partition coefficient (Wildman–Crippen LogP) is 2.43. The summed E-state index contributed by atoms with van der Waals surface area (Å²) in [6.45, 7) is 4.52. The van der Waals surface area contributed by atoms with E-state index in [1.54, 1.807) is 6.20 Å². The van der Waals surface area contributed by atoms with Gasteiger partial charge >= 0.3 is 0 Å². The summed E-state index contributed by atoms with van der Waals surface area (Å²) in [4.78, 5) is 6.63. The molecule has 3 nitrogen and oxygen atoms in total. The summed E-state index contributed by atoms with van der Waals surface area (Å²) < 4.78 is 0. The monoisotopic (exact) mass is 205 g/mol. The van der Waals surface area contributed by atoms with Crippen LogP contribution in [-0.2, 0) is 0 Å². The number of hydrogen-bond acceptors (Lipinski definition) is 3. The van der Waals surface area contributed by atoms with Crippen molar-refractivity contribution in [3.63, 3.8) is 0 Å². The third-order valence-electron chi connectivity index (χ3n) is 3.30. The molecular weight excluding hydrogens is 186 g/mol. The van der Waals surface area contributed by atoms with Crippen molar-refractivity contribution in [2.24, 2.45) is 0 Å². The minimum atomic E-state index is 0.610. The number of anilines is 2. The summed E-state index contributed by atoms with van der Waals surface area (Å²) in [7, 11) is 0. The maximum atomic E-state index is 5.77. The Morgan fingerprint density at radius 1 is 1.47 bits per heavy atom. The van der Waals surface area contributed by atoms with Crippen LogP contribution in [0.5, 0.6) is 0 Å². The van der Waals surface area contributed by atoms with E-state index < -0.39 is 0 Å². The van der Waals surface area contributed by atoms with E-state index in [1.165, 1.54) is 24.9 Å². The van der Waals surface area contributed by atoms with Crippen LogP contribution in [0.15, 0.2) is 18.5 Å². The molecule has 1 aromatic rings. The van der Waals surface area contributed by atoms with Gasteiger partial charge < -0.3 is 10.6 Å². The molecule has 3 heteroatoms. The van der Waals surface area contributed by atoms with Crippen molar-refractivity contribution >= 4 is 11.4 Å². The zero-order valence-corrected chi connectivity index (χ0v) is 9.48. The van der Waals surface area contributed by atoms with Gasteiger partial charge in [-0.05, 0) is 32.3 Å². The van der Waals surface area contributed by atoms with Crippen LogP contribution in [0.25, 0.3) is 0 Å². The molecule has 0 amide bonds. The predicted molar refractivity (Wildman–Crippen MR) is 63.9 cm³/mol. The molecule has 15 heavy (non-hydrogen) atoms. The smallest absolute Gasteiger partial charge is 0.0578 e. The van der Waals surface area contributed by atoms with Crippen LogP contribution in [0, 0.1) is 0 Å². The molecule has 0 aliphatic carbocycles. The van der Waals surface area contributed by atoms with Gasteiger partial charge in [0.1, 0.15) is 0 Å². The van der Waals surface area contributed by atoms with Gasteiger partial charge in [-0.3, -0.25) is 4.98 Å². The Labute approximate surface area is 91.3 Å². The standard InChI is InChI=1S/C12H19N3/c1-3-11-5-4-9(2)15(11)12-6-10(13)7-14-8-12/h6-9,11H,3-5,13H2,1-2H3. The lowest BCUT2D eigenvalue weighted by atomic mass is 10.1. The average Bonchev–Trinajstić information content (AvgIpc) is 2.59. The summed E-state index contributed by atoms with van der Waals surface area (Å²) in [6.07, 6.45) is 7.37. The van der Waals surface area contributed by atoms with E-state index in [0.717, 1.165) is 5.69 Å². The molecule has 0 bridgehead atoms. The highest BCUT2D eigenvalue weighted by molar-refractivity contribution is 5.55. The van der Waals surface area contributed by atoms with Crippen LogP contribution in [-0.4, -0.2) is 17.1 Å². The van der Waals surface area contributed by atoms with Crippen LogP contribution in [0.3, 0.4) is 0 Å². The Hall–Kier alpha value is -1.25. The number of hydrogen-bond donors (Lipinski definition) is 1. The van der Waals surface area contributed by atoms with Gasteiger partial charge in [0, 0.05) is 18.3 Å². The molecule has 0 saturated carbocycles.